The lowest BCUT2D eigenvalue weighted by Crippen LogP contribution is -2.33. The van der Waals surface area contributed by atoms with Crippen molar-refractivity contribution in [3.63, 3.8) is 0 Å². The Kier molecular flexibility index (Phi) is 4.25. The van der Waals surface area contributed by atoms with E-state index < -0.39 is 21.7 Å². The van der Waals surface area contributed by atoms with Crippen molar-refractivity contribution in [2.75, 3.05) is 18.5 Å². The predicted molar refractivity (Wildman–Crippen MR) is 101 cm³/mol. The number of ether oxygens (including phenoxy) is 2. The molecule has 1 aromatic heterocycles. The van der Waals surface area contributed by atoms with Crippen LogP contribution in [0.1, 0.15) is 32.0 Å². The fourth-order valence-corrected chi connectivity index (χ4v) is 4.29. The molecule has 0 atom stereocenters. The molecule has 1 aromatic carbocycles. The molecule has 0 unspecified atom stereocenters. The number of nitrogens with zero attached hydrogens (tertiary/aromatic N) is 3. The number of hydrogen-bond donors (Lipinski definition) is 1. The van der Waals surface area contributed by atoms with Gasteiger partial charge in [0, 0.05) is 18.3 Å². The molecule has 1 N–H and O–H groups in total. The Balaban J connectivity index is 1.55. The van der Waals surface area contributed by atoms with E-state index in [0.717, 1.165) is 4.09 Å². The molecule has 28 heavy (non-hydrogen) atoms. The third-order valence-electron chi connectivity index (χ3n) is 4.38. The quantitative estimate of drug-likeness (QED) is 0.815. The van der Waals surface area contributed by atoms with Gasteiger partial charge in [-0.05, 0) is 39.0 Å². The molecule has 2 aliphatic rings. The summed E-state index contributed by atoms with van der Waals surface area (Å²) in [5.74, 6) is 0.626. The van der Waals surface area contributed by atoms with Gasteiger partial charge in [-0.15, -0.1) is 0 Å². The minimum atomic E-state index is -3.84. The number of rotatable bonds is 2. The first-order valence-electron chi connectivity index (χ1n) is 8.95. The maximum absolute atomic E-state index is 13.0. The summed E-state index contributed by atoms with van der Waals surface area (Å²) in [5, 5.41) is 7.33. The molecule has 3 heterocycles. The molecule has 0 saturated carbocycles. The number of benzene rings is 1. The smallest absolute Gasteiger partial charge is 0.410 e. The minimum absolute atomic E-state index is 0.120. The molecule has 0 bridgehead atoms. The van der Waals surface area contributed by atoms with E-state index in [-0.39, 0.29) is 18.0 Å². The van der Waals surface area contributed by atoms with Gasteiger partial charge < -0.3 is 14.8 Å². The van der Waals surface area contributed by atoms with E-state index in [1.54, 1.807) is 32.9 Å². The summed E-state index contributed by atoms with van der Waals surface area (Å²) in [5.41, 5.74) is 1.29. The van der Waals surface area contributed by atoms with Gasteiger partial charge >= 0.3 is 6.09 Å². The second-order valence-corrected chi connectivity index (χ2v) is 9.54. The predicted octanol–water partition coefficient (Wildman–Crippen LogP) is 2.18. The van der Waals surface area contributed by atoms with Gasteiger partial charge in [-0.3, -0.25) is 4.90 Å². The summed E-state index contributed by atoms with van der Waals surface area (Å²) in [6, 6.07) is 4.68. The lowest BCUT2D eigenvalue weighted by Gasteiger charge is -2.24. The summed E-state index contributed by atoms with van der Waals surface area (Å²) in [7, 11) is -3.84. The van der Waals surface area contributed by atoms with Gasteiger partial charge in [0.2, 0.25) is 0 Å². The van der Waals surface area contributed by atoms with Crippen molar-refractivity contribution >= 4 is 21.8 Å². The summed E-state index contributed by atoms with van der Waals surface area (Å²) >= 11 is 0. The molecule has 0 spiro atoms. The van der Waals surface area contributed by atoms with Crippen molar-refractivity contribution < 1.29 is 22.7 Å². The lowest BCUT2D eigenvalue weighted by atomic mass is 10.2. The number of aromatic nitrogens is 2. The Hall–Kier alpha value is -2.75. The first-order valence-corrected chi connectivity index (χ1v) is 10.4. The van der Waals surface area contributed by atoms with Crippen LogP contribution >= 0.6 is 0 Å². The number of carbonyl (C=O) groups excluding carboxylic acids is 1. The van der Waals surface area contributed by atoms with Crippen LogP contribution in [0.25, 0.3) is 0 Å². The maximum atomic E-state index is 13.0. The lowest BCUT2D eigenvalue weighted by molar-refractivity contribution is 0.0239. The van der Waals surface area contributed by atoms with Crippen molar-refractivity contribution in [1.29, 1.82) is 0 Å². The van der Waals surface area contributed by atoms with E-state index in [0.29, 0.717) is 35.8 Å². The van der Waals surface area contributed by atoms with Gasteiger partial charge in [0.1, 0.15) is 18.0 Å². The number of fused-ring (bicyclic) bond motifs is 2. The number of nitrogens with one attached hydrogen (secondary N) is 1. The Bertz CT molecular complexity index is 1020. The molecule has 0 radical (unpaired) electrons. The molecular formula is C18H22N4O5S. The van der Waals surface area contributed by atoms with Crippen LogP contribution in [-0.4, -0.2) is 47.3 Å². The van der Waals surface area contributed by atoms with Gasteiger partial charge in [0.15, 0.2) is 0 Å². The first kappa shape index (κ1) is 18.6. The summed E-state index contributed by atoms with van der Waals surface area (Å²) in [4.78, 5) is 13.8. The third kappa shape index (κ3) is 3.39. The van der Waals surface area contributed by atoms with E-state index in [1.807, 2.05) is 0 Å². The van der Waals surface area contributed by atoms with Crippen LogP contribution in [0.3, 0.4) is 0 Å². The molecule has 10 heteroatoms. The zero-order valence-corrected chi connectivity index (χ0v) is 16.7. The average Bonchev–Trinajstić information content (AvgIpc) is 3.19. The van der Waals surface area contributed by atoms with Gasteiger partial charge in [0.25, 0.3) is 10.0 Å². The van der Waals surface area contributed by atoms with Gasteiger partial charge in [-0.1, -0.05) is 0 Å². The Morgan fingerprint density at radius 3 is 2.79 bits per heavy atom. The van der Waals surface area contributed by atoms with Gasteiger partial charge in [0.05, 0.1) is 29.4 Å². The fourth-order valence-electron chi connectivity index (χ4n) is 3.09. The topological polar surface area (TPSA) is 103 Å². The summed E-state index contributed by atoms with van der Waals surface area (Å²) in [6.07, 6.45) is 1.01. The highest BCUT2D eigenvalue weighted by Gasteiger charge is 2.32. The van der Waals surface area contributed by atoms with Crippen LogP contribution in [0, 0.1) is 0 Å². The van der Waals surface area contributed by atoms with Crippen LogP contribution in [0.2, 0.25) is 0 Å². The van der Waals surface area contributed by atoms with Gasteiger partial charge in [-0.25, -0.2) is 4.79 Å². The highest BCUT2D eigenvalue weighted by molar-refractivity contribution is 7.89. The normalized spacial score (nSPS) is 16.0. The average molecular weight is 406 g/mol. The summed E-state index contributed by atoms with van der Waals surface area (Å²) < 4.78 is 37.7. The number of anilines is 1. The number of carbonyl (C=O) groups is 1. The van der Waals surface area contributed by atoms with Crippen LogP contribution in [0.4, 0.5) is 10.5 Å². The molecule has 0 fully saturated rings. The monoisotopic (exact) mass is 406 g/mol. The Labute approximate surface area is 163 Å². The van der Waals surface area contributed by atoms with Crippen LogP contribution in [-0.2, 0) is 27.8 Å². The maximum Gasteiger partial charge on any atom is 0.410 e. The van der Waals surface area contributed by atoms with E-state index in [1.165, 1.54) is 17.2 Å². The van der Waals surface area contributed by atoms with Crippen molar-refractivity contribution in [3.8, 4) is 5.75 Å². The van der Waals surface area contributed by atoms with E-state index in [9.17, 15) is 13.2 Å². The first-order chi connectivity index (χ1) is 13.1. The Morgan fingerprint density at radius 1 is 1.29 bits per heavy atom. The molecule has 9 nitrogen and oxygen atoms in total. The third-order valence-corrected chi connectivity index (χ3v) is 5.91. The molecule has 150 valence electrons. The molecule has 1 amide bonds. The second-order valence-electron chi connectivity index (χ2n) is 7.75. The van der Waals surface area contributed by atoms with Gasteiger partial charge in [-0.2, -0.15) is 17.6 Å². The minimum Gasteiger partial charge on any atom is -0.490 e. The summed E-state index contributed by atoms with van der Waals surface area (Å²) in [6.45, 7) is 7.03. The molecule has 0 saturated heterocycles. The number of hydrogen-bond acceptors (Lipinski definition) is 7. The molecule has 2 aliphatic heterocycles. The van der Waals surface area contributed by atoms with Crippen LogP contribution in [0.15, 0.2) is 29.3 Å². The molecule has 2 aromatic rings. The fraction of sp³-hybridized carbons (Fsp3) is 0.444. The largest absolute Gasteiger partial charge is 0.490 e. The standard InChI is InChI=1S/C18H22N4O5S/c1-18(2,3)27-17(23)21-9-12-10-22(20-15(12)11-21)28(24,25)13-4-5-16-14(8-13)19-6-7-26-16/h4-5,8,10,19H,6-7,9,11H2,1-3H3. The van der Waals surface area contributed by atoms with Crippen LogP contribution < -0.4 is 10.1 Å². The van der Waals surface area contributed by atoms with Crippen LogP contribution in [0.5, 0.6) is 5.75 Å². The molecule has 0 aliphatic carbocycles. The molecule has 4 rings (SSSR count). The zero-order chi connectivity index (χ0) is 20.1. The van der Waals surface area contributed by atoms with Crippen molar-refractivity contribution in [1.82, 2.24) is 14.1 Å². The Morgan fingerprint density at radius 2 is 2.07 bits per heavy atom. The SMILES string of the molecule is CC(C)(C)OC(=O)N1Cc2cn(S(=O)(=O)c3ccc4c(c3)NCCO4)nc2C1. The van der Waals surface area contributed by atoms with E-state index >= 15 is 0 Å². The zero-order valence-electron chi connectivity index (χ0n) is 15.9. The second kappa shape index (κ2) is 6.40. The highest BCUT2D eigenvalue weighted by Crippen LogP contribution is 2.31. The van der Waals surface area contributed by atoms with Crippen molar-refractivity contribution in [3.05, 3.63) is 35.7 Å². The van der Waals surface area contributed by atoms with Crippen molar-refractivity contribution in [2.24, 2.45) is 0 Å². The van der Waals surface area contributed by atoms with E-state index in [2.05, 4.69) is 10.4 Å². The molecular weight excluding hydrogens is 384 g/mol. The number of amides is 1. The van der Waals surface area contributed by atoms with Crippen molar-refractivity contribution in [2.45, 2.75) is 44.4 Å². The van der Waals surface area contributed by atoms with E-state index in [4.69, 9.17) is 9.47 Å². The highest BCUT2D eigenvalue weighted by atomic mass is 32.2.